The fourth-order valence-electron chi connectivity index (χ4n) is 2.58. The van der Waals surface area contributed by atoms with Crippen molar-refractivity contribution >= 4 is 17.5 Å². The summed E-state index contributed by atoms with van der Waals surface area (Å²) >= 11 is 6.11. The molecule has 0 aromatic heterocycles. The van der Waals surface area contributed by atoms with Crippen molar-refractivity contribution in [3.8, 4) is 6.07 Å². The van der Waals surface area contributed by atoms with Gasteiger partial charge in [0, 0.05) is 18.1 Å². The first-order valence-electron chi connectivity index (χ1n) is 7.14. The fourth-order valence-corrected chi connectivity index (χ4v) is 2.80. The molecule has 0 N–H and O–H groups in total. The van der Waals surface area contributed by atoms with Crippen LogP contribution in [0.3, 0.4) is 0 Å². The minimum atomic E-state index is -0.631. The van der Waals surface area contributed by atoms with E-state index in [-0.39, 0.29) is 5.91 Å². The van der Waals surface area contributed by atoms with Crippen LogP contribution in [-0.4, -0.2) is 23.9 Å². The summed E-state index contributed by atoms with van der Waals surface area (Å²) in [5.74, 6) is -0.678. The Bertz CT molecular complexity index is 501. The topological polar surface area (TPSA) is 44.1 Å². The van der Waals surface area contributed by atoms with Gasteiger partial charge in [-0.25, -0.2) is 0 Å². The van der Waals surface area contributed by atoms with E-state index in [1.54, 1.807) is 6.07 Å². The lowest BCUT2D eigenvalue weighted by atomic mass is 9.99. The molecule has 1 fully saturated rings. The van der Waals surface area contributed by atoms with E-state index in [1.807, 2.05) is 23.1 Å². The quantitative estimate of drug-likeness (QED) is 0.856. The molecule has 1 amide bonds. The second-order valence-corrected chi connectivity index (χ2v) is 5.62. The highest BCUT2D eigenvalue weighted by atomic mass is 35.5. The molecule has 0 spiro atoms. The first kappa shape index (κ1) is 14.9. The van der Waals surface area contributed by atoms with Crippen LogP contribution in [0.2, 0.25) is 5.02 Å². The second-order valence-electron chi connectivity index (χ2n) is 5.22. The Labute approximate surface area is 125 Å². The first-order chi connectivity index (χ1) is 9.72. The summed E-state index contributed by atoms with van der Waals surface area (Å²) in [7, 11) is 0. The van der Waals surface area contributed by atoms with Crippen molar-refractivity contribution in [3.05, 3.63) is 34.9 Å². The van der Waals surface area contributed by atoms with Gasteiger partial charge in [-0.2, -0.15) is 5.26 Å². The molecular formula is C16H19ClN2O. The van der Waals surface area contributed by atoms with E-state index in [1.165, 1.54) is 12.8 Å². The molecule has 1 aliphatic rings. The molecule has 1 saturated heterocycles. The molecule has 1 heterocycles. The number of benzene rings is 1. The van der Waals surface area contributed by atoms with Crippen molar-refractivity contribution in [3.63, 3.8) is 0 Å². The molecular weight excluding hydrogens is 272 g/mol. The third-order valence-electron chi connectivity index (χ3n) is 3.75. The Morgan fingerprint density at radius 1 is 1.25 bits per heavy atom. The highest BCUT2D eigenvalue weighted by Crippen LogP contribution is 2.21. The number of hydrogen-bond acceptors (Lipinski definition) is 2. The van der Waals surface area contributed by atoms with Crippen LogP contribution in [0.5, 0.6) is 0 Å². The molecule has 106 valence electrons. The number of rotatable bonds is 3. The monoisotopic (exact) mass is 290 g/mol. The number of amides is 1. The van der Waals surface area contributed by atoms with Gasteiger partial charge in [0.2, 0.25) is 5.91 Å². The summed E-state index contributed by atoms with van der Waals surface area (Å²) in [6.07, 6.45) is 4.81. The van der Waals surface area contributed by atoms with Crippen LogP contribution in [0, 0.1) is 17.2 Å². The zero-order valence-corrected chi connectivity index (χ0v) is 12.3. The summed E-state index contributed by atoms with van der Waals surface area (Å²) in [5, 5.41) is 9.93. The molecule has 4 heteroatoms. The predicted molar refractivity (Wildman–Crippen MR) is 79.3 cm³/mol. The van der Waals surface area contributed by atoms with Gasteiger partial charge in [-0.1, -0.05) is 42.6 Å². The molecule has 2 rings (SSSR count). The van der Waals surface area contributed by atoms with Gasteiger partial charge in [-0.15, -0.1) is 0 Å². The summed E-state index contributed by atoms with van der Waals surface area (Å²) in [6, 6.07) is 9.55. The summed E-state index contributed by atoms with van der Waals surface area (Å²) < 4.78 is 0. The first-order valence-corrected chi connectivity index (χ1v) is 7.52. The maximum atomic E-state index is 12.5. The highest BCUT2D eigenvalue weighted by Gasteiger charge is 2.25. The minimum absolute atomic E-state index is 0.0469. The maximum Gasteiger partial charge on any atom is 0.240 e. The third kappa shape index (κ3) is 3.74. The fraction of sp³-hybridized carbons (Fsp3) is 0.500. The summed E-state index contributed by atoms with van der Waals surface area (Å²) in [5.41, 5.74) is 0.865. The lowest BCUT2D eigenvalue weighted by molar-refractivity contribution is -0.133. The van der Waals surface area contributed by atoms with Gasteiger partial charge in [0.1, 0.15) is 5.92 Å². The van der Waals surface area contributed by atoms with Crippen molar-refractivity contribution in [2.24, 2.45) is 5.92 Å². The van der Waals surface area contributed by atoms with E-state index < -0.39 is 5.92 Å². The van der Waals surface area contributed by atoms with Gasteiger partial charge in [0.15, 0.2) is 0 Å². The Balaban J connectivity index is 2.06. The molecule has 0 saturated carbocycles. The van der Waals surface area contributed by atoms with Gasteiger partial charge in [-0.3, -0.25) is 4.79 Å². The Kier molecular flexibility index (Phi) is 5.43. The molecule has 0 radical (unpaired) electrons. The number of halogens is 1. The number of nitriles is 1. The highest BCUT2D eigenvalue weighted by molar-refractivity contribution is 6.31. The van der Waals surface area contributed by atoms with Crippen LogP contribution in [-0.2, 0) is 11.2 Å². The standard InChI is InChI=1S/C16H19ClN2O/c17-15-8-4-3-7-13(15)11-14(12-18)16(20)19-9-5-1-2-6-10-19/h3-4,7-8,14H,1-2,5-6,9-11H2. The summed E-state index contributed by atoms with van der Waals surface area (Å²) in [6.45, 7) is 1.55. The van der Waals surface area contributed by atoms with Crippen molar-refractivity contribution in [2.75, 3.05) is 13.1 Å². The van der Waals surface area contributed by atoms with E-state index in [0.717, 1.165) is 31.5 Å². The molecule has 0 bridgehead atoms. The van der Waals surface area contributed by atoms with Crippen LogP contribution in [0.15, 0.2) is 24.3 Å². The Hall–Kier alpha value is -1.53. The van der Waals surface area contributed by atoms with E-state index in [9.17, 15) is 10.1 Å². The van der Waals surface area contributed by atoms with Crippen LogP contribution >= 0.6 is 11.6 Å². The Morgan fingerprint density at radius 3 is 2.50 bits per heavy atom. The van der Waals surface area contributed by atoms with Crippen LogP contribution in [0.25, 0.3) is 0 Å². The normalized spacial score (nSPS) is 17.1. The minimum Gasteiger partial charge on any atom is -0.342 e. The number of hydrogen-bond donors (Lipinski definition) is 0. The van der Waals surface area contributed by atoms with E-state index in [2.05, 4.69) is 6.07 Å². The van der Waals surface area contributed by atoms with Crippen LogP contribution in [0.1, 0.15) is 31.2 Å². The van der Waals surface area contributed by atoms with Crippen LogP contribution < -0.4 is 0 Å². The molecule has 0 aliphatic carbocycles. The van der Waals surface area contributed by atoms with Gasteiger partial charge in [0.25, 0.3) is 0 Å². The smallest absolute Gasteiger partial charge is 0.240 e. The van der Waals surface area contributed by atoms with Crippen LogP contribution in [0.4, 0.5) is 0 Å². The average Bonchev–Trinajstić information content (AvgIpc) is 2.75. The SMILES string of the molecule is N#CC(Cc1ccccc1Cl)C(=O)N1CCCCCC1. The lowest BCUT2D eigenvalue weighted by Gasteiger charge is -2.23. The number of carbonyl (C=O) groups is 1. The van der Waals surface area contributed by atoms with E-state index in [0.29, 0.717) is 11.4 Å². The predicted octanol–water partition coefficient (Wildman–Crippen LogP) is 3.42. The molecule has 1 atom stereocenters. The molecule has 3 nitrogen and oxygen atoms in total. The lowest BCUT2D eigenvalue weighted by Crippen LogP contribution is -2.37. The van der Waals surface area contributed by atoms with Crippen molar-refractivity contribution < 1.29 is 4.79 Å². The van der Waals surface area contributed by atoms with E-state index >= 15 is 0 Å². The molecule has 1 aliphatic heterocycles. The van der Waals surface area contributed by atoms with Gasteiger partial charge in [-0.05, 0) is 30.9 Å². The largest absolute Gasteiger partial charge is 0.342 e. The molecule has 1 aromatic carbocycles. The van der Waals surface area contributed by atoms with E-state index in [4.69, 9.17) is 11.6 Å². The van der Waals surface area contributed by atoms with Crippen molar-refractivity contribution in [1.82, 2.24) is 4.90 Å². The average molecular weight is 291 g/mol. The number of likely N-dealkylation sites (tertiary alicyclic amines) is 1. The molecule has 20 heavy (non-hydrogen) atoms. The van der Waals surface area contributed by atoms with Gasteiger partial charge in [0.05, 0.1) is 6.07 Å². The second kappa shape index (κ2) is 7.31. The van der Waals surface area contributed by atoms with Crippen molar-refractivity contribution in [1.29, 1.82) is 5.26 Å². The van der Waals surface area contributed by atoms with Gasteiger partial charge >= 0.3 is 0 Å². The number of nitrogens with zero attached hydrogens (tertiary/aromatic N) is 2. The molecule has 1 unspecified atom stereocenters. The van der Waals surface area contributed by atoms with Crippen molar-refractivity contribution in [2.45, 2.75) is 32.1 Å². The number of carbonyl (C=O) groups excluding carboxylic acids is 1. The Morgan fingerprint density at radius 2 is 1.90 bits per heavy atom. The molecule has 1 aromatic rings. The zero-order chi connectivity index (χ0) is 14.4. The maximum absolute atomic E-state index is 12.5. The third-order valence-corrected chi connectivity index (χ3v) is 4.12. The summed E-state index contributed by atoms with van der Waals surface area (Å²) in [4.78, 5) is 14.3. The zero-order valence-electron chi connectivity index (χ0n) is 11.5. The van der Waals surface area contributed by atoms with Gasteiger partial charge < -0.3 is 4.90 Å².